The van der Waals surface area contributed by atoms with Crippen LogP contribution in [0, 0.1) is 10.1 Å². The van der Waals surface area contributed by atoms with Gasteiger partial charge >= 0.3 is 0 Å². The van der Waals surface area contributed by atoms with Crippen molar-refractivity contribution in [2.45, 2.75) is 32.8 Å². The Labute approximate surface area is 123 Å². The lowest BCUT2D eigenvalue weighted by Crippen LogP contribution is -2.37. The molecule has 1 fully saturated rings. The van der Waals surface area contributed by atoms with Crippen molar-refractivity contribution in [3.8, 4) is 0 Å². The average Bonchev–Trinajstić information content (AvgIpc) is 2.47. The molecule has 0 spiro atoms. The molecule has 6 nitrogen and oxygen atoms in total. The minimum atomic E-state index is -0.493. The predicted molar refractivity (Wildman–Crippen MR) is 80.0 cm³/mol. The largest absolute Gasteiger partial charge is 0.378 e. The lowest BCUT2D eigenvalue weighted by molar-refractivity contribution is -0.385. The molecule has 0 saturated carbocycles. The number of hydrogen-bond donors (Lipinski definition) is 0. The van der Waals surface area contributed by atoms with E-state index in [0.29, 0.717) is 6.61 Å². The predicted octanol–water partition coefficient (Wildman–Crippen LogP) is 2.80. The van der Waals surface area contributed by atoms with E-state index in [1.165, 1.54) is 13.0 Å². The molecule has 0 aromatic heterocycles. The Morgan fingerprint density at radius 3 is 2.62 bits per heavy atom. The van der Waals surface area contributed by atoms with E-state index in [-0.39, 0.29) is 23.1 Å². The van der Waals surface area contributed by atoms with Crippen LogP contribution >= 0.6 is 0 Å². The van der Waals surface area contributed by atoms with E-state index in [1.807, 2.05) is 6.92 Å². The fourth-order valence-corrected chi connectivity index (χ4v) is 2.68. The highest BCUT2D eigenvalue weighted by molar-refractivity contribution is 5.98. The van der Waals surface area contributed by atoms with Crippen LogP contribution in [0.3, 0.4) is 0 Å². The van der Waals surface area contributed by atoms with Crippen molar-refractivity contribution < 1.29 is 14.5 Å². The number of ketones is 1. The molecule has 1 aromatic rings. The molecule has 0 amide bonds. The summed E-state index contributed by atoms with van der Waals surface area (Å²) in [5.41, 5.74) is 0.835. The first-order valence-corrected chi connectivity index (χ1v) is 7.18. The quantitative estimate of drug-likeness (QED) is 0.474. The SMILES string of the molecule is CCOC1CCN(c2ccc(C(C)=O)c([N+](=O)[O-])c2)CC1. The highest BCUT2D eigenvalue weighted by Crippen LogP contribution is 2.28. The number of nitro benzene ring substituents is 1. The molecule has 6 heteroatoms. The molecule has 0 unspecified atom stereocenters. The third-order valence-electron chi connectivity index (χ3n) is 3.77. The van der Waals surface area contributed by atoms with E-state index >= 15 is 0 Å². The fraction of sp³-hybridized carbons (Fsp3) is 0.533. The van der Waals surface area contributed by atoms with Crippen LogP contribution < -0.4 is 4.90 Å². The van der Waals surface area contributed by atoms with Crippen LogP contribution in [0.5, 0.6) is 0 Å². The lowest BCUT2D eigenvalue weighted by Gasteiger charge is -2.33. The summed E-state index contributed by atoms with van der Waals surface area (Å²) in [5, 5.41) is 11.1. The summed E-state index contributed by atoms with van der Waals surface area (Å²) in [7, 11) is 0. The Bertz CT molecular complexity index is 536. The van der Waals surface area contributed by atoms with Gasteiger partial charge in [0.25, 0.3) is 5.69 Å². The molecule has 21 heavy (non-hydrogen) atoms. The minimum absolute atomic E-state index is 0.119. The molecule has 0 atom stereocenters. The summed E-state index contributed by atoms with van der Waals surface area (Å²) < 4.78 is 5.60. The zero-order valence-corrected chi connectivity index (χ0v) is 12.4. The lowest BCUT2D eigenvalue weighted by atomic mass is 10.0. The molecule has 114 valence electrons. The van der Waals surface area contributed by atoms with Crippen molar-refractivity contribution in [1.82, 2.24) is 0 Å². The second-order valence-corrected chi connectivity index (χ2v) is 5.16. The highest BCUT2D eigenvalue weighted by atomic mass is 16.6. The third kappa shape index (κ3) is 3.58. The number of hydrogen-bond acceptors (Lipinski definition) is 5. The molecule has 1 heterocycles. The Morgan fingerprint density at radius 2 is 2.10 bits per heavy atom. The molecular formula is C15H20N2O4. The first-order chi connectivity index (χ1) is 10.0. The third-order valence-corrected chi connectivity index (χ3v) is 3.77. The zero-order valence-electron chi connectivity index (χ0n) is 12.4. The molecule has 1 aliphatic rings. The molecule has 0 radical (unpaired) electrons. The van der Waals surface area contributed by atoms with Gasteiger partial charge in [-0.3, -0.25) is 14.9 Å². The van der Waals surface area contributed by atoms with Gasteiger partial charge in [-0.05, 0) is 38.8 Å². The van der Waals surface area contributed by atoms with Crippen LogP contribution in [-0.4, -0.2) is 36.5 Å². The molecule has 0 bridgehead atoms. The van der Waals surface area contributed by atoms with Gasteiger partial charge in [0.15, 0.2) is 5.78 Å². The molecule has 0 aliphatic carbocycles. The van der Waals surface area contributed by atoms with Crippen molar-refractivity contribution in [1.29, 1.82) is 0 Å². The Hall–Kier alpha value is -1.95. The number of anilines is 1. The van der Waals surface area contributed by atoms with E-state index in [0.717, 1.165) is 31.6 Å². The number of carbonyl (C=O) groups excluding carboxylic acids is 1. The number of nitro groups is 1. The summed E-state index contributed by atoms with van der Waals surface area (Å²) in [5.74, 6) is -0.289. The molecular weight excluding hydrogens is 272 g/mol. The highest BCUT2D eigenvalue weighted by Gasteiger charge is 2.23. The maximum absolute atomic E-state index is 11.4. The van der Waals surface area contributed by atoms with Crippen LogP contribution in [-0.2, 0) is 4.74 Å². The van der Waals surface area contributed by atoms with Gasteiger partial charge < -0.3 is 9.64 Å². The zero-order chi connectivity index (χ0) is 15.4. The number of nitrogens with zero attached hydrogens (tertiary/aromatic N) is 2. The first-order valence-electron chi connectivity index (χ1n) is 7.18. The second-order valence-electron chi connectivity index (χ2n) is 5.16. The molecule has 1 aliphatic heterocycles. The minimum Gasteiger partial charge on any atom is -0.378 e. The van der Waals surface area contributed by atoms with E-state index in [1.54, 1.807) is 12.1 Å². The van der Waals surface area contributed by atoms with Gasteiger partial charge in [0.2, 0.25) is 0 Å². The van der Waals surface area contributed by atoms with Crippen molar-refractivity contribution in [2.24, 2.45) is 0 Å². The smallest absolute Gasteiger partial charge is 0.282 e. The van der Waals surface area contributed by atoms with Gasteiger partial charge in [0.1, 0.15) is 0 Å². The second kappa shape index (κ2) is 6.67. The van der Waals surface area contributed by atoms with Gasteiger partial charge in [-0.1, -0.05) is 0 Å². The topological polar surface area (TPSA) is 72.7 Å². The molecule has 1 saturated heterocycles. The van der Waals surface area contributed by atoms with Crippen molar-refractivity contribution in [3.05, 3.63) is 33.9 Å². The molecule has 2 rings (SSSR count). The Morgan fingerprint density at radius 1 is 1.43 bits per heavy atom. The monoisotopic (exact) mass is 292 g/mol. The molecule has 0 N–H and O–H groups in total. The van der Waals surface area contributed by atoms with Crippen LogP contribution in [0.25, 0.3) is 0 Å². The summed E-state index contributed by atoms with van der Waals surface area (Å²) in [4.78, 5) is 24.2. The number of ether oxygens (including phenoxy) is 1. The maximum Gasteiger partial charge on any atom is 0.282 e. The Balaban J connectivity index is 2.16. The summed E-state index contributed by atoms with van der Waals surface area (Å²) in [6.07, 6.45) is 2.10. The van der Waals surface area contributed by atoms with Crippen molar-refractivity contribution in [3.63, 3.8) is 0 Å². The maximum atomic E-state index is 11.4. The standard InChI is InChI=1S/C15H20N2O4/c1-3-21-13-6-8-16(9-7-13)12-4-5-14(11(2)18)15(10-12)17(19)20/h4-5,10,13H,3,6-9H2,1-2H3. The fourth-order valence-electron chi connectivity index (χ4n) is 2.68. The van der Waals surface area contributed by atoms with Gasteiger partial charge in [-0.25, -0.2) is 0 Å². The average molecular weight is 292 g/mol. The first kappa shape index (κ1) is 15.4. The normalized spacial score (nSPS) is 16.0. The summed E-state index contributed by atoms with van der Waals surface area (Å²) in [6.45, 7) is 5.65. The van der Waals surface area contributed by atoms with E-state index in [2.05, 4.69) is 4.90 Å². The van der Waals surface area contributed by atoms with Crippen molar-refractivity contribution >= 4 is 17.2 Å². The summed E-state index contributed by atoms with van der Waals surface area (Å²) >= 11 is 0. The van der Waals surface area contributed by atoms with E-state index in [4.69, 9.17) is 4.74 Å². The van der Waals surface area contributed by atoms with E-state index < -0.39 is 4.92 Å². The number of carbonyl (C=O) groups is 1. The summed E-state index contributed by atoms with van der Waals surface area (Å²) in [6, 6.07) is 4.83. The van der Waals surface area contributed by atoms with Gasteiger partial charge in [-0.2, -0.15) is 0 Å². The van der Waals surface area contributed by atoms with Gasteiger partial charge in [0.05, 0.1) is 16.6 Å². The Kier molecular flexibility index (Phi) is 4.90. The number of rotatable bonds is 5. The molecule has 1 aromatic carbocycles. The van der Waals surface area contributed by atoms with Gasteiger partial charge in [0, 0.05) is 31.5 Å². The van der Waals surface area contributed by atoms with Crippen LogP contribution in [0.15, 0.2) is 18.2 Å². The van der Waals surface area contributed by atoms with Crippen LogP contribution in [0.1, 0.15) is 37.0 Å². The number of benzene rings is 1. The van der Waals surface area contributed by atoms with Crippen molar-refractivity contribution in [2.75, 3.05) is 24.6 Å². The number of Topliss-reactive ketones (excluding diaryl/α,β-unsaturated/α-hetero) is 1. The number of piperidine rings is 1. The van der Waals surface area contributed by atoms with Crippen LogP contribution in [0.2, 0.25) is 0 Å². The van der Waals surface area contributed by atoms with Crippen LogP contribution in [0.4, 0.5) is 11.4 Å². The van der Waals surface area contributed by atoms with E-state index in [9.17, 15) is 14.9 Å². The van der Waals surface area contributed by atoms with Gasteiger partial charge in [-0.15, -0.1) is 0 Å².